The molecule has 4 heteroatoms. The van der Waals surface area contributed by atoms with Crippen molar-refractivity contribution >= 4 is 5.97 Å². The van der Waals surface area contributed by atoms with E-state index in [1.807, 2.05) is 13.8 Å². The van der Waals surface area contributed by atoms with Crippen LogP contribution in [-0.2, 0) is 26.0 Å². The Bertz CT molecular complexity index is 964. The van der Waals surface area contributed by atoms with E-state index in [0.29, 0.717) is 11.3 Å². The van der Waals surface area contributed by atoms with E-state index in [1.54, 1.807) is 24.3 Å². The summed E-state index contributed by atoms with van der Waals surface area (Å²) in [5.41, 5.74) is 9.01. The molecule has 0 radical (unpaired) electrons. The standard InChI is InChI=1S/C25H25O2.CH3.Co.O/c1-16-11-21(12-17(2)20(16)5)15-22-13-18(3)24(19(4)14-22)27-25(26)23-9-7-6-8-10-23;;;/h7-14H,15H2,1-5H3;1H3;;/q2*-1;;. The molecule has 161 valence electrons. The number of hydrogen-bond donors (Lipinski definition) is 0. The number of aryl methyl sites for hydroxylation is 4. The van der Waals surface area contributed by atoms with Gasteiger partial charge in [-0.2, -0.15) is 30.3 Å². The molecule has 0 amide bonds. The van der Waals surface area contributed by atoms with E-state index in [-0.39, 0.29) is 13.4 Å². The third-order valence-electron chi connectivity index (χ3n) is 5.06. The van der Waals surface area contributed by atoms with Crippen molar-refractivity contribution in [3.05, 3.63) is 107 Å². The maximum absolute atomic E-state index is 12.4. The molecule has 0 aliphatic carbocycles. The van der Waals surface area contributed by atoms with Crippen LogP contribution in [0.25, 0.3) is 0 Å². The zero-order valence-electron chi connectivity index (χ0n) is 18.4. The summed E-state index contributed by atoms with van der Waals surface area (Å²) >= 11 is 2.31. The van der Waals surface area contributed by atoms with Gasteiger partial charge in [0.15, 0.2) is 0 Å². The predicted octanol–water partition coefficient (Wildman–Crippen LogP) is 6.17. The second kappa shape index (κ2) is 11.6. The van der Waals surface area contributed by atoms with E-state index >= 15 is 0 Å². The molecule has 0 atom stereocenters. The third-order valence-corrected chi connectivity index (χ3v) is 5.06. The van der Waals surface area contributed by atoms with E-state index in [9.17, 15) is 4.79 Å². The third kappa shape index (κ3) is 6.21. The van der Waals surface area contributed by atoms with Gasteiger partial charge in [0.1, 0.15) is 5.75 Å². The van der Waals surface area contributed by atoms with Gasteiger partial charge >= 0.3 is 25.5 Å². The van der Waals surface area contributed by atoms with E-state index in [0.717, 1.165) is 17.5 Å². The zero-order chi connectivity index (χ0) is 21.6. The number of carbonyl (C=O) groups is 1. The van der Waals surface area contributed by atoms with E-state index in [1.165, 1.54) is 27.8 Å². The Morgan fingerprint density at radius 3 is 1.73 bits per heavy atom. The molecule has 0 aliphatic rings. The summed E-state index contributed by atoms with van der Waals surface area (Å²) in [6.45, 7) is 10.5. The normalized spacial score (nSPS) is 9.80. The summed E-state index contributed by atoms with van der Waals surface area (Å²) in [5, 5.41) is 0. The quantitative estimate of drug-likeness (QED) is 0.273. The Balaban J connectivity index is 0.00000146. The first-order valence-electron chi connectivity index (χ1n) is 9.34. The fourth-order valence-corrected chi connectivity index (χ4v) is 3.44. The number of carbonyl (C=O) groups excluding carboxylic acids is 1. The monoisotopic (exact) mass is 447 g/mol. The Morgan fingerprint density at radius 2 is 1.27 bits per heavy atom. The Kier molecular flexibility index (Phi) is 9.83. The number of benzene rings is 3. The van der Waals surface area contributed by atoms with Crippen LogP contribution in [0.1, 0.15) is 49.3 Å². The molecule has 0 unspecified atom stereocenters. The van der Waals surface area contributed by atoms with Crippen molar-refractivity contribution < 1.29 is 29.1 Å². The molecule has 0 saturated heterocycles. The molecule has 30 heavy (non-hydrogen) atoms. The van der Waals surface area contributed by atoms with Crippen LogP contribution in [0.4, 0.5) is 0 Å². The number of hydrogen-bond acceptors (Lipinski definition) is 3. The van der Waals surface area contributed by atoms with Crippen LogP contribution in [0, 0.1) is 48.1 Å². The summed E-state index contributed by atoms with van der Waals surface area (Å²) in [6, 6.07) is 18.5. The topological polar surface area (TPSA) is 43.4 Å². The zero-order valence-corrected chi connectivity index (χ0v) is 19.4. The van der Waals surface area contributed by atoms with Gasteiger partial charge in [-0.25, -0.2) is 4.79 Å². The summed E-state index contributed by atoms with van der Waals surface area (Å²) in [5.74, 6) is 0.306. The van der Waals surface area contributed by atoms with Crippen LogP contribution in [0.5, 0.6) is 5.75 Å². The van der Waals surface area contributed by atoms with Crippen molar-refractivity contribution in [2.45, 2.75) is 41.0 Å². The van der Waals surface area contributed by atoms with Crippen LogP contribution in [0.3, 0.4) is 0 Å². The molecule has 0 fully saturated rings. The molecule has 0 aliphatic heterocycles. The minimum absolute atomic E-state index is 0. The van der Waals surface area contributed by atoms with Gasteiger partial charge in [0.05, 0.1) is 0 Å². The molecule has 0 bridgehead atoms. The summed E-state index contributed by atoms with van der Waals surface area (Å²) in [7, 11) is 0. The molecule has 0 heterocycles. The van der Waals surface area contributed by atoms with Gasteiger partial charge in [0, 0.05) is 0 Å². The van der Waals surface area contributed by atoms with Gasteiger partial charge in [-0.3, -0.25) is 0 Å². The van der Waals surface area contributed by atoms with Gasteiger partial charge in [-0.15, -0.1) is 0 Å². The molecule has 0 aromatic heterocycles. The molecule has 3 nitrogen and oxygen atoms in total. The molecule has 0 saturated carbocycles. The number of ether oxygens (including phenoxy) is 1. The Morgan fingerprint density at radius 1 is 0.833 bits per heavy atom. The van der Waals surface area contributed by atoms with Gasteiger partial charge in [-0.1, -0.05) is 24.3 Å². The number of rotatable bonds is 4. The molecule has 3 rings (SSSR count). The van der Waals surface area contributed by atoms with Crippen molar-refractivity contribution in [3.8, 4) is 5.75 Å². The van der Waals surface area contributed by atoms with E-state index in [2.05, 4.69) is 66.8 Å². The summed E-state index contributed by atoms with van der Waals surface area (Å²) in [4.78, 5) is 12.4. The van der Waals surface area contributed by atoms with Crippen LogP contribution in [0.15, 0.2) is 48.5 Å². The number of esters is 1. The van der Waals surface area contributed by atoms with Gasteiger partial charge in [0.25, 0.3) is 0 Å². The fourth-order valence-electron chi connectivity index (χ4n) is 3.44. The predicted molar refractivity (Wildman–Crippen MR) is 117 cm³/mol. The Labute approximate surface area is 188 Å². The maximum atomic E-state index is 12.4. The minimum atomic E-state index is -0.340. The Hall–Kier alpha value is -2.56. The van der Waals surface area contributed by atoms with E-state index < -0.39 is 0 Å². The van der Waals surface area contributed by atoms with Gasteiger partial charge in [0.2, 0.25) is 0 Å². The van der Waals surface area contributed by atoms with Gasteiger partial charge < -0.3 is 12.2 Å². The molecule has 0 N–H and O–H groups in total. The fraction of sp³-hybridized carbons (Fsp3) is 0.231. The van der Waals surface area contributed by atoms with Crippen molar-refractivity contribution in [3.63, 3.8) is 0 Å². The van der Waals surface area contributed by atoms with Crippen LogP contribution < -0.4 is 4.74 Å². The van der Waals surface area contributed by atoms with Crippen LogP contribution in [-0.4, -0.2) is 5.97 Å². The average molecular weight is 447 g/mol. The average Bonchev–Trinajstić information content (AvgIpc) is 2.71. The van der Waals surface area contributed by atoms with E-state index in [4.69, 9.17) is 8.60 Å². The summed E-state index contributed by atoms with van der Waals surface area (Å²) < 4.78 is 13.6. The van der Waals surface area contributed by atoms with Crippen LogP contribution in [0.2, 0.25) is 0 Å². The van der Waals surface area contributed by atoms with Gasteiger partial charge in [-0.05, 0) is 85.5 Å². The summed E-state index contributed by atoms with van der Waals surface area (Å²) in [6.07, 6.45) is 0.867. The molecular weight excluding hydrogens is 419 g/mol. The van der Waals surface area contributed by atoms with Crippen molar-refractivity contribution in [1.29, 1.82) is 0 Å². The molecular formula is C26H28CoO3-2. The van der Waals surface area contributed by atoms with Crippen LogP contribution >= 0.6 is 0 Å². The SMILES string of the molecule is Cc1cc(Cc2cc(C)c(OC(=O)c3cc[c-]cc3)c(C)c2)cc(C)c1C.[CH3-].[O]=[Co]. The first-order chi connectivity index (χ1) is 13.8. The molecule has 3 aromatic rings. The van der Waals surface area contributed by atoms with Crippen molar-refractivity contribution in [2.24, 2.45) is 0 Å². The first-order valence-corrected chi connectivity index (χ1v) is 9.76. The molecule has 3 aromatic carbocycles. The second-order valence-corrected chi connectivity index (χ2v) is 7.27. The van der Waals surface area contributed by atoms with Crippen molar-refractivity contribution in [2.75, 3.05) is 0 Å². The first kappa shape index (κ1) is 25.5. The second-order valence-electron chi connectivity index (χ2n) is 7.27. The molecule has 0 spiro atoms. The van der Waals surface area contributed by atoms with Crippen molar-refractivity contribution in [1.82, 2.24) is 0 Å².